The second-order valence-electron chi connectivity index (χ2n) is 7.91. The van der Waals surface area contributed by atoms with Crippen molar-refractivity contribution < 1.29 is 0 Å². The third kappa shape index (κ3) is 2.91. The number of fused-ring (bicyclic) bond motifs is 1. The van der Waals surface area contributed by atoms with E-state index < -0.39 is 0 Å². The molecule has 2 saturated carbocycles. The van der Waals surface area contributed by atoms with Gasteiger partial charge in [-0.05, 0) is 60.0 Å². The molecule has 0 spiro atoms. The van der Waals surface area contributed by atoms with Crippen molar-refractivity contribution >= 4 is 0 Å². The van der Waals surface area contributed by atoms with E-state index in [4.69, 9.17) is 5.84 Å². The molecule has 0 saturated heterocycles. The van der Waals surface area contributed by atoms with Crippen LogP contribution in [0.25, 0.3) is 0 Å². The fourth-order valence-electron chi connectivity index (χ4n) is 3.85. The summed E-state index contributed by atoms with van der Waals surface area (Å²) in [6, 6.07) is 9.55. The van der Waals surface area contributed by atoms with E-state index in [1.807, 2.05) is 0 Å². The number of benzene rings is 1. The lowest BCUT2D eigenvalue weighted by Crippen LogP contribution is -2.42. The second-order valence-corrected chi connectivity index (χ2v) is 7.91. The Labute approximate surface area is 123 Å². The third-order valence-electron chi connectivity index (χ3n) is 5.34. The molecule has 0 radical (unpaired) electrons. The van der Waals surface area contributed by atoms with Gasteiger partial charge in [-0.1, -0.05) is 45.0 Å². The number of nitrogens with two attached hydrogens (primary N) is 1. The molecule has 0 aliphatic heterocycles. The van der Waals surface area contributed by atoms with Crippen LogP contribution in [0.5, 0.6) is 0 Å². The molecule has 3 unspecified atom stereocenters. The van der Waals surface area contributed by atoms with E-state index >= 15 is 0 Å². The zero-order valence-electron chi connectivity index (χ0n) is 13.0. The van der Waals surface area contributed by atoms with Crippen molar-refractivity contribution in [3.63, 3.8) is 0 Å². The molecule has 2 aliphatic carbocycles. The smallest absolute Gasteiger partial charge is 0.0279 e. The molecule has 3 atom stereocenters. The molecule has 0 amide bonds. The Balaban J connectivity index is 1.63. The summed E-state index contributed by atoms with van der Waals surface area (Å²) in [5.41, 5.74) is 6.12. The van der Waals surface area contributed by atoms with Crippen LogP contribution in [-0.4, -0.2) is 6.04 Å². The van der Waals surface area contributed by atoms with Crippen LogP contribution in [-0.2, 0) is 11.8 Å². The maximum absolute atomic E-state index is 5.81. The zero-order valence-corrected chi connectivity index (χ0v) is 13.0. The van der Waals surface area contributed by atoms with Crippen molar-refractivity contribution in [3.8, 4) is 0 Å². The van der Waals surface area contributed by atoms with Crippen LogP contribution in [0.3, 0.4) is 0 Å². The highest BCUT2D eigenvalue weighted by Gasteiger charge is 2.47. The summed E-state index contributed by atoms with van der Waals surface area (Å²) in [6.07, 6.45) is 5.32. The molecule has 3 rings (SSSR count). The highest BCUT2D eigenvalue weighted by atomic mass is 15.2. The van der Waals surface area contributed by atoms with Gasteiger partial charge < -0.3 is 0 Å². The van der Waals surface area contributed by atoms with Crippen molar-refractivity contribution in [1.82, 2.24) is 5.43 Å². The summed E-state index contributed by atoms with van der Waals surface area (Å²) in [5.74, 6) is 8.65. The van der Waals surface area contributed by atoms with E-state index in [1.54, 1.807) is 0 Å². The number of rotatable bonds is 4. The molecule has 3 N–H and O–H groups in total. The minimum atomic E-state index is 0.233. The number of nitrogens with one attached hydrogen (secondary N) is 1. The van der Waals surface area contributed by atoms with E-state index in [0.29, 0.717) is 6.04 Å². The molecule has 2 heteroatoms. The van der Waals surface area contributed by atoms with Crippen molar-refractivity contribution in [2.75, 3.05) is 0 Å². The Morgan fingerprint density at radius 2 is 1.70 bits per heavy atom. The number of hydrogen-bond donors (Lipinski definition) is 2. The fraction of sp³-hybridized carbons (Fsp3) is 0.667. The summed E-state index contributed by atoms with van der Waals surface area (Å²) in [6.45, 7) is 6.78. The van der Waals surface area contributed by atoms with Crippen molar-refractivity contribution in [2.24, 2.45) is 23.6 Å². The summed E-state index contributed by atoms with van der Waals surface area (Å²) in [7, 11) is 0. The number of hydrazine groups is 1. The normalized spacial score (nSPS) is 30.1. The minimum Gasteiger partial charge on any atom is -0.271 e. The van der Waals surface area contributed by atoms with Crippen LogP contribution in [0.2, 0.25) is 0 Å². The SMILES string of the molecule is CC(C)(C)c1ccc(CC(NN)C2CC3CC3C2)cc1. The van der Waals surface area contributed by atoms with Gasteiger partial charge in [0.2, 0.25) is 0 Å². The molecule has 0 aromatic heterocycles. The molecule has 20 heavy (non-hydrogen) atoms. The Morgan fingerprint density at radius 3 is 2.20 bits per heavy atom. The van der Waals surface area contributed by atoms with Gasteiger partial charge in [-0.15, -0.1) is 0 Å². The van der Waals surface area contributed by atoms with E-state index in [9.17, 15) is 0 Å². The van der Waals surface area contributed by atoms with E-state index in [-0.39, 0.29) is 5.41 Å². The van der Waals surface area contributed by atoms with Gasteiger partial charge >= 0.3 is 0 Å². The fourth-order valence-corrected chi connectivity index (χ4v) is 3.85. The predicted molar refractivity (Wildman–Crippen MR) is 84.3 cm³/mol. The monoisotopic (exact) mass is 272 g/mol. The molecule has 1 aromatic rings. The topological polar surface area (TPSA) is 38.0 Å². The van der Waals surface area contributed by atoms with Crippen molar-refractivity contribution in [2.45, 2.75) is 57.9 Å². The first-order chi connectivity index (χ1) is 9.47. The quantitative estimate of drug-likeness (QED) is 0.651. The second kappa shape index (κ2) is 5.16. The molecule has 110 valence electrons. The molecular weight excluding hydrogens is 244 g/mol. The van der Waals surface area contributed by atoms with Gasteiger partial charge in [-0.2, -0.15) is 0 Å². The summed E-state index contributed by atoms with van der Waals surface area (Å²) in [4.78, 5) is 0. The van der Waals surface area contributed by atoms with Gasteiger partial charge in [0.25, 0.3) is 0 Å². The lowest BCUT2D eigenvalue weighted by molar-refractivity contribution is 0.336. The van der Waals surface area contributed by atoms with Crippen LogP contribution < -0.4 is 11.3 Å². The van der Waals surface area contributed by atoms with Crippen LogP contribution in [0.15, 0.2) is 24.3 Å². The minimum absolute atomic E-state index is 0.233. The predicted octanol–water partition coefficient (Wildman–Crippen LogP) is 3.40. The molecule has 2 fully saturated rings. The summed E-state index contributed by atoms with van der Waals surface area (Å²) < 4.78 is 0. The number of hydrogen-bond acceptors (Lipinski definition) is 2. The lowest BCUT2D eigenvalue weighted by atomic mass is 9.85. The van der Waals surface area contributed by atoms with Crippen molar-refractivity contribution in [1.29, 1.82) is 0 Å². The lowest BCUT2D eigenvalue weighted by Gasteiger charge is -2.25. The van der Waals surface area contributed by atoms with Crippen LogP contribution in [0.4, 0.5) is 0 Å². The largest absolute Gasteiger partial charge is 0.271 e. The maximum atomic E-state index is 5.81. The summed E-state index contributed by atoms with van der Waals surface area (Å²) >= 11 is 0. The van der Waals surface area contributed by atoms with Crippen LogP contribution in [0, 0.1) is 17.8 Å². The first-order valence-electron chi connectivity index (χ1n) is 8.03. The van der Waals surface area contributed by atoms with E-state index in [2.05, 4.69) is 50.5 Å². The van der Waals surface area contributed by atoms with E-state index in [0.717, 1.165) is 24.2 Å². The average molecular weight is 272 g/mol. The summed E-state index contributed by atoms with van der Waals surface area (Å²) in [5, 5.41) is 0. The zero-order chi connectivity index (χ0) is 14.3. The van der Waals surface area contributed by atoms with E-state index in [1.165, 1.54) is 30.4 Å². The molecule has 1 aromatic carbocycles. The van der Waals surface area contributed by atoms with Gasteiger partial charge in [0.15, 0.2) is 0 Å². The Bertz CT molecular complexity index is 447. The molecule has 0 heterocycles. The van der Waals surface area contributed by atoms with Gasteiger partial charge in [-0.3, -0.25) is 11.3 Å². The molecule has 2 aliphatic rings. The third-order valence-corrected chi connectivity index (χ3v) is 5.34. The van der Waals surface area contributed by atoms with Gasteiger partial charge in [-0.25, -0.2) is 0 Å². The molecule has 2 nitrogen and oxygen atoms in total. The van der Waals surface area contributed by atoms with Gasteiger partial charge in [0, 0.05) is 6.04 Å². The highest BCUT2D eigenvalue weighted by molar-refractivity contribution is 5.28. The first-order valence-corrected chi connectivity index (χ1v) is 8.03. The van der Waals surface area contributed by atoms with Gasteiger partial charge in [0.05, 0.1) is 0 Å². The van der Waals surface area contributed by atoms with Crippen molar-refractivity contribution in [3.05, 3.63) is 35.4 Å². The highest BCUT2D eigenvalue weighted by Crippen LogP contribution is 2.55. The van der Waals surface area contributed by atoms with Crippen LogP contribution in [0.1, 0.15) is 51.2 Å². The Hall–Kier alpha value is -0.860. The first kappa shape index (κ1) is 14.1. The Kier molecular flexibility index (Phi) is 3.64. The average Bonchev–Trinajstić information content (AvgIpc) is 3.02. The van der Waals surface area contributed by atoms with Gasteiger partial charge in [0.1, 0.15) is 0 Å². The maximum Gasteiger partial charge on any atom is 0.0279 e. The molecule has 0 bridgehead atoms. The Morgan fingerprint density at radius 1 is 1.10 bits per heavy atom. The standard InChI is InChI=1S/C18H28N2/c1-18(2,3)16-6-4-12(5-7-16)8-17(20-19)15-10-13-9-14(13)11-15/h4-7,13-15,17,20H,8-11,19H2,1-3H3. The molecular formula is C18H28N2. The van der Waals surface area contributed by atoms with Crippen LogP contribution >= 0.6 is 0 Å².